The van der Waals surface area contributed by atoms with Crippen LogP contribution in [-0.4, -0.2) is 10.2 Å². The van der Waals surface area contributed by atoms with Gasteiger partial charge < -0.3 is 10.2 Å². The molecule has 0 bridgehead atoms. The number of phenolic OH excluding ortho intramolecular Hbond substituents is 1. The molecule has 2 heteroatoms. The van der Waals surface area contributed by atoms with Crippen LogP contribution in [0.25, 0.3) is 10.8 Å². The lowest BCUT2D eigenvalue weighted by atomic mass is 9.96. The lowest BCUT2D eigenvalue weighted by Gasteiger charge is -2.13. The van der Waals surface area contributed by atoms with Crippen molar-refractivity contribution < 1.29 is 10.2 Å². The average molecular weight is 292 g/mol. The summed E-state index contributed by atoms with van der Waals surface area (Å²) in [5.74, 6) is 0.301. The molecule has 0 radical (unpaired) electrons. The number of aromatic hydroxyl groups is 1. The Morgan fingerprint density at radius 2 is 1.64 bits per heavy atom. The third kappa shape index (κ3) is 2.97. The summed E-state index contributed by atoms with van der Waals surface area (Å²) < 4.78 is 0. The van der Waals surface area contributed by atoms with Gasteiger partial charge in [0, 0.05) is 5.56 Å². The van der Waals surface area contributed by atoms with Gasteiger partial charge in [-0.15, -0.1) is 0 Å². The predicted molar refractivity (Wildman–Crippen MR) is 90.1 cm³/mol. The van der Waals surface area contributed by atoms with Crippen LogP contribution >= 0.6 is 0 Å². The summed E-state index contributed by atoms with van der Waals surface area (Å²) in [5, 5.41) is 22.7. The number of fused-ring (bicyclic) bond motifs is 1. The van der Waals surface area contributed by atoms with Gasteiger partial charge in [-0.2, -0.15) is 0 Å². The van der Waals surface area contributed by atoms with Gasteiger partial charge in [-0.1, -0.05) is 60.2 Å². The highest BCUT2D eigenvalue weighted by molar-refractivity contribution is 5.87. The molecular formula is C20H20O2. The number of rotatable bonds is 4. The van der Waals surface area contributed by atoms with Crippen LogP contribution in [0.3, 0.4) is 0 Å². The number of phenols is 1. The second-order valence-corrected chi connectivity index (χ2v) is 5.75. The van der Waals surface area contributed by atoms with Crippen molar-refractivity contribution in [2.45, 2.75) is 25.9 Å². The lowest BCUT2D eigenvalue weighted by molar-refractivity contribution is 0.167. The average Bonchev–Trinajstić information content (AvgIpc) is 2.54. The summed E-state index contributed by atoms with van der Waals surface area (Å²) >= 11 is 0. The zero-order valence-electron chi connectivity index (χ0n) is 12.7. The van der Waals surface area contributed by atoms with Gasteiger partial charge in [-0.3, -0.25) is 0 Å². The summed E-state index contributed by atoms with van der Waals surface area (Å²) in [6.45, 7) is 2.03. The van der Waals surface area contributed by atoms with Crippen molar-refractivity contribution in [3.63, 3.8) is 0 Å². The van der Waals surface area contributed by atoms with Crippen molar-refractivity contribution >= 4 is 10.8 Å². The van der Waals surface area contributed by atoms with Crippen LogP contribution in [0, 0.1) is 6.92 Å². The summed E-state index contributed by atoms with van der Waals surface area (Å²) in [4.78, 5) is 0. The highest BCUT2D eigenvalue weighted by atomic mass is 16.3. The quantitative estimate of drug-likeness (QED) is 0.742. The molecule has 0 aliphatic carbocycles. The Morgan fingerprint density at radius 1 is 0.909 bits per heavy atom. The van der Waals surface area contributed by atoms with E-state index in [0.717, 1.165) is 21.9 Å². The normalized spacial score (nSPS) is 12.5. The molecule has 3 aromatic rings. The zero-order chi connectivity index (χ0) is 15.5. The van der Waals surface area contributed by atoms with Crippen LogP contribution < -0.4 is 0 Å². The second-order valence-electron chi connectivity index (χ2n) is 5.75. The first kappa shape index (κ1) is 14.6. The van der Waals surface area contributed by atoms with E-state index in [1.54, 1.807) is 6.07 Å². The van der Waals surface area contributed by atoms with Gasteiger partial charge in [0.1, 0.15) is 5.75 Å². The fourth-order valence-corrected chi connectivity index (χ4v) is 2.82. The number of benzene rings is 3. The predicted octanol–water partition coefficient (Wildman–Crippen LogP) is 4.52. The molecule has 0 spiro atoms. The highest BCUT2D eigenvalue weighted by Gasteiger charge is 2.11. The Hall–Kier alpha value is -2.32. The van der Waals surface area contributed by atoms with E-state index in [-0.39, 0.29) is 0 Å². The molecule has 0 aromatic heterocycles. The van der Waals surface area contributed by atoms with Crippen LogP contribution in [0.2, 0.25) is 0 Å². The molecule has 0 saturated heterocycles. The molecule has 0 aliphatic heterocycles. The SMILES string of the molecule is Cc1ccc(C(O)CCc2c(O)ccc3ccccc23)cc1. The molecule has 22 heavy (non-hydrogen) atoms. The van der Waals surface area contributed by atoms with Crippen molar-refractivity contribution in [2.24, 2.45) is 0 Å². The number of aryl methyl sites for hydroxylation is 2. The smallest absolute Gasteiger partial charge is 0.119 e. The van der Waals surface area contributed by atoms with Gasteiger partial charge >= 0.3 is 0 Å². The number of aliphatic hydroxyl groups is 1. The first-order valence-electron chi connectivity index (χ1n) is 7.59. The Kier molecular flexibility index (Phi) is 4.12. The molecule has 112 valence electrons. The van der Waals surface area contributed by atoms with Crippen LogP contribution in [0.1, 0.15) is 29.2 Å². The van der Waals surface area contributed by atoms with Crippen molar-refractivity contribution in [1.29, 1.82) is 0 Å². The number of hydrogen-bond acceptors (Lipinski definition) is 2. The minimum atomic E-state index is -0.515. The molecule has 1 unspecified atom stereocenters. The summed E-state index contributed by atoms with van der Waals surface area (Å²) in [7, 11) is 0. The Bertz CT molecular complexity index is 775. The molecule has 0 fully saturated rings. The zero-order valence-corrected chi connectivity index (χ0v) is 12.7. The number of hydrogen-bond donors (Lipinski definition) is 2. The standard InChI is InChI=1S/C20H20O2/c1-14-6-8-16(9-7-14)19(21)13-11-18-17-5-3-2-4-15(17)10-12-20(18)22/h2-10,12,19,21-22H,11,13H2,1H3. The molecule has 0 saturated carbocycles. The summed E-state index contributed by atoms with van der Waals surface area (Å²) in [6.07, 6.45) is 0.714. The van der Waals surface area contributed by atoms with Crippen LogP contribution in [0.15, 0.2) is 60.7 Å². The summed E-state index contributed by atoms with van der Waals surface area (Å²) in [6, 6.07) is 19.6. The topological polar surface area (TPSA) is 40.5 Å². The monoisotopic (exact) mass is 292 g/mol. The van der Waals surface area contributed by atoms with E-state index < -0.39 is 6.10 Å². The largest absolute Gasteiger partial charge is 0.508 e. The van der Waals surface area contributed by atoms with Crippen molar-refractivity contribution in [2.75, 3.05) is 0 Å². The third-order valence-electron chi connectivity index (χ3n) is 4.15. The fourth-order valence-electron chi connectivity index (χ4n) is 2.82. The molecule has 3 rings (SSSR count). The van der Waals surface area contributed by atoms with Crippen LogP contribution in [0.5, 0.6) is 5.75 Å². The maximum absolute atomic E-state index is 10.4. The molecule has 3 aromatic carbocycles. The van der Waals surface area contributed by atoms with E-state index in [1.807, 2.05) is 61.5 Å². The lowest BCUT2D eigenvalue weighted by Crippen LogP contribution is -2.00. The van der Waals surface area contributed by atoms with E-state index >= 15 is 0 Å². The van der Waals surface area contributed by atoms with E-state index in [0.29, 0.717) is 18.6 Å². The number of aliphatic hydroxyl groups excluding tert-OH is 1. The first-order chi connectivity index (χ1) is 10.6. The van der Waals surface area contributed by atoms with Crippen molar-refractivity contribution in [3.8, 4) is 5.75 Å². The molecule has 2 nitrogen and oxygen atoms in total. The van der Waals surface area contributed by atoms with Crippen LogP contribution in [0.4, 0.5) is 0 Å². The third-order valence-corrected chi connectivity index (χ3v) is 4.15. The Balaban J connectivity index is 1.81. The van der Waals surface area contributed by atoms with E-state index in [1.165, 1.54) is 5.56 Å². The second kappa shape index (κ2) is 6.20. The van der Waals surface area contributed by atoms with Gasteiger partial charge in [0.25, 0.3) is 0 Å². The van der Waals surface area contributed by atoms with E-state index in [9.17, 15) is 10.2 Å². The Morgan fingerprint density at radius 3 is 2.41 bits per heavy atom. The highest BCUT2D eigenvalue weighted by Crippen LogP contribution is 2.30. The first-order valence-corrected chi connectivity index (χ1v) is 7.59. The van der Waals surface area contributed by atoms with Crippen molar-refractivity contribution in [3.05, 3.63) is 77.4 Å². The molecule has 0 aliphatic rings. The van der Waals surface area contributed by atoms with E-state index in [2.05, 4.69) is 0 Å². The maximum atomic E-state index is 10.4. The molecule has 1 atom stereocenters. The van der Waals surface area contributed by atoms with Crippen molar-refractivity contribution in [1.82, 2.24) is 0 Å². The molecule has 0 heterocycles. The van der Waals surface area contributed by atoms with E-state index in [4.69, 9.17) is 0 Å². The minimum absolute atomic E-state index is 0.301. The van der Waals surface area contributed by atoms with Gasteiger partial charge in [-0.05, 0) is 42.2 Å². The van der Waals surface area contributed by atoms with Gasteiger partial charge in [0.2, 0.25) is 0 Å². The van der Waals surface area contributed by atoms with Gasteiger partial charge in [-0.25, -0.2) is 0 Å². The Labute approximate surface area is 130 Å². The molecule has 0 amide bonds. The maximum Gasteiger partial charge on any atom is 0.119 e. The molecule has 2 N–H and O–H groups in total. The minimum Gasteiger partial charge on any atom is -0.508 e. The van der Waals surface area contributed by atoms with Gasteiger partial charge in [0.05, 0.1) is 6.10 Å². The van der Waals surface area contributed by atoms with Gasteiger partial charge in [0.15, 0.2) is 0 Å². The summed E-state index contributed by atoms with van der Waals surface area (Å²) in [5.41, 5.74) is 3.01. The molecular weight excluding hydrogens is 272 g/mol. The van der Waals surface area contributed by atoms with Crippen LogP contribution in [-0.2, 0) is 6.42 Å². The fraction of sp³-hybridized carbons (Fsp3) is 0.200.